The molecule has 0 bridgehead atoms. The van der Waals surface area contributed by atoms with E-state index in [0.29, 0.717) is 22.9 Å². The van der Waals surface area contributed by atoms with Crippen LogP contribution in [0, 0.1) is 11.3 Å². The van der Waals surface area contributed by atoms with Crippen LogP contribution in [-0.4, -0.2) is 21.9 Å². The van der Waals surface area contributed by atoms with E-state index in [1.54, 1.807) is 24.3 Å². The molecule has 1 amide bonds. The largest absolute Gasteiger partial charge is 0.348 e. The van der Waals surface area contributed by atoms with Crippen molar-refractivity contribution in [1.29, 1.82) is 5.26 Å². The van der Waals surface area contributed by atoms with Crippen molar-refractivity contribution in [3.63, 3.8) is 0 Å². The van der Waals surface area contributed by atoms with Gasteiger partial charge >= 0.3 is 0 Å². The van der Waals surface area contributed by atoms with E-state index in [4.69, 9.17) is 5.26 Å². The maximum atomic E-state index is 12.8. The van der Waals surface area contributed by atoms with Crippen molar-refractivity contribution in [3.05, 3.63) is 71.9 Å². The Kier molecular flexibility index (Phi) is 5.48. The average Bonchev–Trinajstić information content (AvgIpc) is 3.27. The fraction of sp³-hybridized carbons (Fsp3) is 0.217. The SMILES string of the molecule is N#Cc1cccc(Nc2cc(C(=O)NC3CCCC3)nc(-c3ccccc3)n2)c1. The van der Waals surface area contributed by atoms with Gasteiger partial charge in [0.2, 0.25) is 0 Å². The van der Waals surface area contributed by atoms with Crippen LogP contribution in [0.15, 0.2) is 60.7 Å². The topological polar surface area (TPSA) is 90.7 Å². The summed E-state index contributed by atoms with van der Waals surface area (Å²) < 4.78 is 0. The number of carbonyl (C=O) groups is 1. The molecule has 0 atom stereocenters. The first-order valence-electron chi connectivity index (χ1n) is 9.74. The van der Waals surface area contributed by atoms with E-state index in [9.17, 15) is 4.79 Å². The van der Waals surface area contributed by atoms with Gasteiger partial charge < -0.3 is 10.6 Å². The Balaban J connectivity index is 1.67. The Labute approximate surface area is 169 Å². The number of rotatable bonds is 5. The summed E-state index contributed by atoms with van der Waals surface area (Å²) in [6, 6.07) is 20.7. The van der Waals surface area contributed by atoms with Gasteiger partial charge in [0, 0.05) is 23.4 Å². The minimum absolute atomic E-state index is 0.190. The molecule has 1 aliphatic carbocycles. The first-order chi connectivity index (χ1) is 14.2. The van der Waals surface area contributed by atoms with Gasteiger partial charge in [-0.1, -0.05) is 49.2 Å². The Morgan fingerprint density at radius 1 is 1.00 bits per heavy atom. The van der Waals surface area contributed by atoms with E-state index in [0.717, 1.165) is 36.9 Å². The number of aromatic nitrogens is 2. The molecule has 6 nitrogen and oxygen atoms in total. The molecule has 0 radical (unpaired) electrons. The molecule has 2 aromatic carbocycles. The van der Waals surface area contributed by atoms with E-state index in [1.807, 2.05) is 36.4 Å². The highest BCUT2D eigenvalue weighted by Crippen LogP contribution is 2.22. The number of nitrogens with one attached hydrogen (secondary N) is 2. The van der Waals surface area contributed by atoms with Crippen molar-refractivity contribution in [2.75, 3.05) is 5.32 Å². The second-order valence-corrected chi connectivity index (χ2v) is 7.10. The lowest BCUT2D eigenvalue weighted by Crippen LogP contribution is -2.33. The molecule has 4 rings (SSSR count). The van der Waals surface area contributed by atoms with E-state index >= 15 is 0 Å². The Morgan fingerprint density at radius 2 is 1.79 bits per heavy atom. The van der Waals surface area contributed by atoms with Gasteiger partial charge in [0.05, 0.1) is 11.6 Å². The quantitative estimate of drug-likeness (QED) is 0.680. The summed E-state index contributed by atoms with van der Waals surface area (Å²) in [7, 11) is 0. The number of nitriles is 1. The van der Waals surface area contributed by atoms with Crippen molar-refractivity contribution in [1.82, 2.24) is 15.3 Å². The number of nitrogens with zero attached hydrogens (tertiary/aromatic N) is 3. The maximum absolute atomic E-state index is 12.8. The predicted octanol–water partition coefficient (Wildman–Crippen LogP) is 4.43. The van der Waals surface area contributed by atoms with Crippen LogP contribution in [0.4, 0.5) is 11.5 Å². The molecule has 1 heterocycles. The van der Waals surface area contributed by atoms with Gasteiger partial charge in [-0.2, -0.15) is 5.26 Å². The van der Waals surface area contributed by atoms with Gasteiger partial charge in [0.1, 0.15) is 11.5 Å². The van der Waals surface area contributed by atoms with Crippen molar-refractivity contribution in [2.45, 2.75) is 31.7 Å². The first-order valence-corrected chi connectivity index (χ1v) is 9.74. The molecule has 1 saturated carbocycles. The molecule has 0 unspecified atom stereocenters. The molecule has 29 heavy (non-hydrogen) atoms. The van der Waals surface area contributed by atoms with Crippen molar-refractivity contribution >= 4 is 17.4 Å². The molecule has 0 saturated heterocycles. The molecule has 1 aromatic heterocycles. The lowest BCUT2D eigenvalue weighted by Gasteiger charge is -2.14. The minimum atomic E-state index is -0.190. The van der Waals surface area contributed by atoms with Gasteiger partial charge in [0.25, 0.3) is 5.91 Å². The Bertz CT molecular complexity index is 1050. The van der Waals surface area contributed by atoms with Crippen LogP contribution < -0.4 is 10.6 Å². The highest BCUT2D eigenvalue weighted by Gasteiger charge is 2.20. The summed E-state index contributed by atoms with van der Waals surface area (Å²) in [5.74, 6) is 0.791. The predicted molar refractivity (Wildman–Crippen MR) is 112 cm³/mol. The van der Waals surface area contributed by atoms with Crippen LogP contribution in [0.1, 0.15) is 41.7 Å². The molecular weight excluding hydrogens is 362 g/mol. The zero-order chi connectivity index (χ0) is 20.1. The minimum Gasteiger partial charge on any atom is -0.348 e. The Morgan fingerprint density at radius 3 is 2.55 bits per heavy atom. The van der Waals surface area contributed by atoms with E-state index in [2.05, 4.69) is 26.7 Å². The zero-order valence-corrected chi connectivity index (χ0v) is 15.9. The summed E-state index contributed by atoms with van der Waals surface area (Å²) in [5, 5.41) is 15.4. The lowest BCUT2D eigenvalue weighted by atomic mass is 10.2. The third-order valence-electron chi connectivity index (χ3n) is 4.95. The molecule has 2 N–H and O–H groups in total. The van der Waals surface area contributed by atoms with Gasteiger partial charge in [0.15, 0.2) is 5.82 Å². The number of hydrogen-bond acceptors (Lipinski definition) is 5. The molecule has 0 aliphatic heterocycles. The van der Waals surface area contributed by atoms with Crippen molar-refractivity contribution in [3.8, 4) is 17.5 Å². The highest BCUT2D eigenvalue weighted by molar-refractivity contribution is 5.93. The third-order valence-corrected chi connectivity index (χ3v) is 4.95. The fourth-order valence-electron chi connectivity index (χ4n) is 3.49. The summed E-state index contributed by atoms with van der Waals surface area (Å²) >= 11 is 0. The number of hydrogen-bond donors (Lipinski definition) is 2. The molecular formula is C23H21N5O. The molecule has 3 aromatic rings. The zero-order valence-electron chi connectivity index (χ0n) is 15.9. The first kappa shape index (κ1) is 18.6. The average molecular weight is 383 g/mol. The number of benzene rings is 2. The van der Waals surface area contributed by atoms with E-state index in [-0.39, 0.29) is 11.9 Å². The fourth-order valence-corrected chi connectivity index (χ4v) is 3.49. The van der Waals surface area contributed by atoms with E-state index in [1.165, 1.54) is 0 Å². The standard InChI is InChI=1S/C23H21N5O/c24-15-16-7-6-12-19(13-16)25-21-14-20(23(29)26-18-10-4-5-11-18)27-22(28-21)17-8-2-1-3-9-17/h1-3,6-9,12-14,18H,4-5,10-11H2,(H,26,29)(H,25,27,28). The maximum Gasteiger partial charge on any atom is 0.270 e. The monoisotopic (exact) mass is 383 g/mol. The van der Waals surface area contributed by atoms with Gasteiger partial charge in [-0.05, 0) is 31.0 Å². The summed E-state index contributed by atoms with van der Waals surface area (Å²) in [6.45, 7) is 0. The van der Waals surface area contributed by atoms with Crippen LogP contribution in [-0.2, 0) is 0 Å². The normalized spacial score (nSPS) is 13.6. The Hall–Kier alpha value is -3.72. The van der Waals surface area contributed by atoms with Crippen molar-refractivity contribution in [2.24, 2.45) is 0 Å². The van der Waals surface area contributed by atoms with Crippen LogP contribution in [0.2, 0.25) is 0 Å². The van der Waals surface area contributed by atoms with Crippen LogP contribution in [0.25, 0.3) is 11.4 Å². The molecule has 1 aliphatic rings. The molecule has 1 fully saturated rings. The van der Waals surface area contributed by atoms with Gasteiger partial charge in [-0.25, -0.2) is 9.97 Å². The summed E-state index contributed by atoms with van der Waals surface area (Å²) in [6.07, 6.45) is 4.31. The van der Waals surface area contributed by atoms with Crippen LogP contribution in [0.3, 0.4) is 0 Å². The summed E-state index contributed by atoms with van der Waals surface area (Å²) in [5.41, 5.74) is 2.43. The third kappa shape index (κ3) is 4.58. The number of anilines is 2. The second kappa shape index (κ2) is 8.53. The summed E-state index contributed by atoms with van der Waals surface area (Å²) in [4.78, 5) is 21.9. The smallest absolute Gasteiger partial charge is 0.270 e. The number of carbonyl (C=O) groups excluding carboxylic acids is 1. The van der Waals surface area contributed by atoms with Crippen LogP contribution >= 0.6 is 0 Å². The number of amides is 1. The molecule has 6 heteroatoms. The highest BCUT2D eigenvalue weighted by atomic mass is 16.1. The van der Waals surface area contributed by atoms with Crippen LogP contribution in [0.5, 0.6) is 0 Å². The molecule has 144 valence electrons. The molecule has 0 spiro atoms. The van der Waals surface area contributed by atoms with Gasteiger partial charge in [-0.15, -0.1) is 0 Å². The van der Waals surface area contributed by atoms with Crippen molar-refractivity contribution < 1.29 is 4.79 Å². The second-order valence-electron chi connectivity index (χ2n) is 7.10. The van der Waals surface area contributed by atoms with E-state index < -0.39 is 0 Å². The van der Waals surface area contributed by atoms with Gasteiger partial charge in [-0.3, -0.25) is 4.79 Å². The lowest BCUT2D eigenvalue weighted by molar-refractivity contribution is 0.0933.